The standard InChI is InChI=1S/C11H14BrNO3S/c1-3-6-13-10(14)7(2)16-11(15)8-4-5-9(12)17-8/h4-5,7H,3,6H2,1-2H3,(H,13,14). The Morgan fingerprint density at radius 3 is 2.76 bits per heavy atom. The second-order valence-corrected chi connectivity index (χ2v) is 5.91. The number of carbonyl (C=O) groups excluding carboxylic acids is 2. The van der Waals surface area contributed by atoms with Crippen molar-refractivity contribution in [1.29, 1.82) is 0 Å². The fraction of sp³-hybridized carbons (Fsp3) is 0.455. The Kier molecular flexibility index (Phi) is 5.64. The van der Waals surface area contributed by atoms with Crippen molar-refractivity contribution >= 4 is 39.1 Å². The number of hydrogen-bond acceptors (Lipinski definition) is 4. The van der Waals surface area contributed by atoms with Crippen molar-refractivity contribution in [3.05, 3.63) is 20.8 Å². The summed E-state index contributed by atoms with van der Waals surface area (Å²) in [6.45, 7) is 4.11. The zero-order valence-electron chi connectivity index (χ0n) is 9.66. The van der Waals surface area contributed by atoms with E-state index >= 15 is 0 Å². The predicted octanol–water partition coefficient (Wildman–Crippen LogP) is 2.58. The Bertz CT molecular complexity index is 405. The van der Waals surface area contributed by atoms with Gasteiger partial charge in [-0.25, -0.2) is 4.79 Å². The van der Waals surface area contributed by atoms with Crippen LogP contribution in [0.2, 0.25) is 0 Å². The molecule has 0 aliphatic carbocycles. The quantitative estimate of drug-likeness (QED) is 0.849. The Morgan fingerprint density at radius 1 is 1.53 bits per heavy atom. The number of ether oxygens (including phenoxy) is 1. The lowest BCUT2D eigenvalue weighted by Crippen LogP contribution is -2.36. The molecule has 0 spiro atoms. The summed E-state index contributed by atoms with van der Waals surface area (Å²) in [5, 5.41) is 2.67. The normalized spacial score (nSPS) is 11.9. The van der Waals surface area contributed by atoms with E-state index in [0.717, 1.165) is 10.2 Å². The average Bonchev–Trinajstić information content (AvgIpc) is 2.72. The van der Waals surface area contributed by atoms with E-state index in [0.29, 0.717) is 11.4 Å². The van der Waals surface area contributed by atoms with Crippen LogP contribution in [0.15, 0.2) is 15.9 Å². The molecule has 0 aliphatic heterocycles. The number of hydrogen-bond donors (Lipinski definition) is 1. The van der Waals surface area contributed by atoms with Gasteiger partial charge < -0.3 is 10.1 Å². The number of carbonyl (C=O) groups is 2. The minimum Gasteiger partial charge on any atom is -0.448 e. The summed E-state index contributed by atoms with van der Waals surface area (Å²) < 4.78 is 5.90. The summed E-state index contributed by atoms with van der Waals surface area (Å²) >= 11 is 4.54. The number of halogens is 1. The molecule has 1 atom stereocenters. The van der Waals surface area contributed by atoms with Crippen LogP contribution in [-0.2, 0) is 9.53 Å². The number of nitrogens with one attached hydrogen (secondary N) is 1. The van der Waals surface area contributed by atoms with Crippen molar-refractivity contribution in [2.75, 3.05) is 6.54 Å². The van der Waals surface area contributed by atoms with Gasteiger partial charge in [0.1, 0.15) is 4.88 Å². The summed E-state index contributed by atoms with van der Waals surface area (Å²) in [5.41, 5.74) is 0. The second-order valence-electron chi connectivity index (χ2n) is 3.44. The van der Waals surface area contributed by atoms with E-state index in [1.54, 1.807) is 19.1 Å². The highest BCUT2D eigenvalue weighted by atomic mass is 79.9. The fourth-order valence-electron chi connectivity index (χ4n) is 1.09. The van der Waals surface area contributed by atoms with Crippen molar-refractivity contribution in [2.45, 2.75) is 26.4 Å². The van der Waals surface area contributed by atoms with Crippen molar-refractivity contribution < 1.29 is 14.3 Å². The SMILES string of the molecule is CCCNC(=O)C(C)OC(=O)c1ccc(Br)s1. The van der Waals surface area contributed by atoms with Crippen molar-refractivity contribution in [2.24, 2.45) is 0 Å². The van der Waals surface area contributed by atoms with Gasteiger partial charge in [-0.3, -0.25) is 4.79 Å². The zero-order chi connectivity index (χ0) is 12.8. The van der Waals surface area contributed by atoms with Crippen molar-refractivity contribution in [3.8, 4) is 0 Å². The molecule has 0 aromatic carbocycles. The maximum Gasteiger partial charge on any atom is 0.349 e. The van der Waals surface area contributed by atoms with Crippen LogP contribution < -0.4 is 5.32 Å². The molecule has 1 N–H and O–H groups in total. The van der Waals surface area contributed by atoms with E-state index in [4.69, 9.17) is 4.74 Å². The largest absolute Gasteiger partial charge is 0.448 e. The monoisotopic (exact) mass is 319 g/mol. The molecule has 4 nitrogen and oxygen atoms in total. The van der Waals surface area contributed by atoms with Crippen LogP contribution in [0.4, 0.5) is 0 Å². The highest BCUT2D eigenvalue weighted by molar-refractivity contribution is 9.11. The first kappa shape index (κ1) is 14.2. The molecular weight excluding hydrogens is 306 g/mol. The molecule has 0 bridgehead atoms. The average molecular weight is 320 g/mol. The van der Waals surface area contributed by atoms with Gasteiger partial charge in [-0.05, 0) is 41.4 Å². The van der Waals surface area contributed by atoms with Crippen LogP contribution in [0.5, 0.6) is 0 Å². The number of thiophene rings is 1. The minimum absolute atomic E-state index is 0.268. The molecule has 1 heterocycles. The maximum absolute atomic E-state index is 11.6. The topological polar surface area (TPSA) is 55.4 Å². The van der Waals surface area contributed by atoms with Gasteiger partial charge in [0.25, 0.3) is 5.91 Å². The Morgan fingerprint density at radius 2 is 2.24 bits per heavy atom. The Balaban J connectivity index is 2.48. The Hall–Kier alpha value is -0.880. The molecule has 94 valence electrons. The van der Waals surface area contributed by atoms with E-state index in [1.165, 1.54) is 11.3 Å². The van der Waals surface area contributed by atoms with E-state index in [1.807, 2.05) is 6.92 Å². The van der Waals surface area contributed by atoms with E-state index in [2.05, 4.69) is 21.2 Å². The first-order valence-corrected chi connectivity index (χ1v) is 6.89. The molecule has 0 aliphatic rings. The van der Waals surface area contributed by atoms with Crippen molar-refractivity contribution in [3.63, 3.8) is 0 Å². The lowest BCUT2D eigenvalue weighted by atomic mass is 10.3. The first-order valence-electron chi connectivity index (χ1n) is 5.28. The lowest BCUT2D eigenvalue weighted by molar-refractivity contribution is -0.129. The molecule has 1 amide bonds. The zero-order valence-corrected chi connectivity index (χ0v) is 12.1. The van der Waals surface area contributed by atoms with E-state index < -0.39 is 12.1 Å². The molecule has 1 rings (SSSR count). The van der Waals surface area contributed by atoms with Gasteiger partial charge in [0.15, 0.2) is 6.10 Å². The van der Waals surface area contributed by atoms with Gasteiger partial charge in [0.2, 0.25) is 0 Å². The van der Waals surface area contributed by atoms with Gasteiger partial charge in [0, 0.05) is 6.54 Å². The number of amides is 1. The molecule has 1 unspecified atom stereocenters. The lowest BCUT2D eigenvalue weighted by Gasteiger charge is -2.12. The summed E-state index contributed by atoms with van der Waals surface area (Å²) in [6.07, 6.45) is 0.0829. The van der Waals surface area contributed by atoms with Crippen LogP contribution in [0.1, 0.15) is 29.9 Å². The van der Waals surface area contributed by atoms with Crippen LogP contribution in [0, 0.1) is 0 Å². The third-order valence-electron chi connectivity index (χ3n) is 1.98. The third-order valence-corrected chi connectivity index (χ3v) is 3.58. The molecule has 17 heavy (non-hydrogen) atoms. The van der Waals surface area contributed by atoms with Gasteiger partial charge in [-0.15, -0.1) is 11.3 Å². The molecule has 0 radical (unpaired) electrons. The maximum atomic E-state index is 11.6. The first-order chi connectivity index (χ1) is 8.04. The number of rotatable bonds is 5. The van der Waals surface area contributed by atoms with Crippen LogP contribution in [0.25, 0.3) is 0 Å². The molecule has 0 fully saturated rings. The number of esters is 1. The minimum atomic E-state index is -0.769. The van der Waals surface area contributed by atoms with Gasteiger partial charge in [-0.1, -0.05) is 6.92 Å². The van der Waals surface area contributed by atoms with Gasteiger partial charge in [-0.2, -0.15) is 0 Å². The smallest absolute Gasteiger partial charge is 0.349 e. The highest BCUT2D eigenvalue weighted by Crippen LogP contribution is 2.22. The Labute approximate surface area is 112 Å². The molecular formula is C11H14BrNO3S. The molecule has 6 heteroatoms. The highest BCUT2D eigenvalue weighted by Gasteiger charge is 2.19. The summed E-state index contributed by atoms with van der Waals surface area (Å²) in [5.74, 6) is -0.740. The second kappa shape index (κ2) is 6.76. The summed E-state index contributed by atoms with van der Waals surface area (Å²) in [4.78, 5) is 23.6. The summed E-state index contributed by atoms with van der Waals surface area (Å²) in [7, 11) is 0. The molecule has 0 saturated carbocycles. The molecule has 1 aromatic heterocycles. The fourth-order valence-corrected chi connectivity index (χ4v) is 2.36. The predicted molar refractivity (Wildman–Crippen MR) is 70.2 cm³/mol. The molecule has 1 aromatic rings. The van der Waals surface area contributed by atoms with Crippen LogP contribution >= 0.6 is 27.3 Å². The molecule has 0 saturated heterocycles. The van der Waals surface area contributed by atoms with Gasteiger partial charge >= 0.3 is 5.97 Å². The van der Waals surface area contributed by atoms with E-state index in [9.17, 15) is 9.59 Å². The summed E-state index contributed by atoms with van der Waals surface area (Å²) in [6, 6.07) is 3.43. The van der Waals surface area contributed by atoms with Crippen LogP contribution in [-0.4, -0.2) is 24.5 Å². The van der Waals surface area contributed by atoms with E-state index in [-0.39, 0.29) is 5.91 Å². The van der Waals surface area contributed by atoms with Crippen molar-refractivity contribution in [1.82, 2.24) is 5.32 Å². The van der Waals surface area contributed by atoms with Crippen LogP contribution in [0.3, 0.4) is 0 Å². The third kappa shape index (κ3) is 4.47. The van der Waals surface area contributed by atoms with Gasteiger partial charge in [0.05, 0.1) is 3.79 Å².